The Morgan fingerprint density at radius 3 is 2.71 bits per heavy atom. The van der Waals surface area contributed by atoms with E-state index < -0.39 is 6.04 Å². The van der Waals surface area contributed by atoms with Crippen LogP contribution in [-0.4, -0.2) is 11.9 Å². The molecule has 1 atom stereocenters. The van der Waals surface area contributed by atoms with E-state index in [0.29, 0.717) is 11.4 Å². The number of hydrogen-bond donors (Lipinski definition) is 1. The van der Waals surface area contributed by atoms with Gasteiger partial charge in [0.2, 0.25) is 5.91 Å². The van der Waals surface area contributed by atoms with Crippen molar-refractivity contribution < 1.29 is 4.79 Å². The zero-order valence-corrected chi connectivity index (χ0v) is 9.30. The Kier molecular flexibility index (Phi) is 2.31. The van der Waals surface area contributed by atoms with E-state index >= 15 is 0 Å². The second-order valence-electron chi connectivity index (χ2n) is 4.57. The number of carbonyl (C=O) groups excluding carboxylic acids is 1. The standard InChI is InChI=1S/C12H13N3O2/c16-12-11(8-4-3-5-8)15(14-17)10-7-2-1-6-9(10)13-12/h1-2,6-8,11H,3-5H2,(H,13,16). The van der Waals surface area contributed by atoms with Gasteiger partial charge in [-0.05, 0) is 30.9 Å². The van der Waals surface area contributed by atoms with Crippen LogP contribution in [0.15, 0.2) is 29.6 Å². The molecule has 3 rings (SSSR count). The molecule has 0 saturated heterocycles. The molecule has 1 aliphatic heterocycles. The molecule has 5 heteroatoms. The molecule has 88 valence electrons. The smallest absolute Gasteiger partial charge is 0.249 e. The predicted octanol–water partition coefficient (Wildman–Crippen LogP) is 2.30. The Labute approximate surface area is 98.7 Å². The van der Waals surface area contributed by atoms with Crippen molar-refractivity contribution >= 4 is 17.3 Å². The molecular weight excluding hydrogens is 218 g/mol. The van der Waals surface area contributed by atoms with Crippen molar-refractivity contribution in [1.29, 1.82) is 0 Å². The van der Waals surface area contributed by atoms with Gasteiger partial charge < -0.3 is 5.32 Å². The topological polar surface area (TPSA) is 61.8 Å². The third-order valence-electron chi connectivity index (χ3n) is 3.63. The Morgan fingerprint density at radius 2 is 2.06 bits per heavy atom. The third-order valence-corrected chi connectivity index (χ3v) is 3.63. The number of para-hydroxylation sites is 2. The van der Waals surface area contributed by atoms with Crippen LogP contribution in [0.25, 0.3) is 0 Å². The Bertz CT molecular complexity index is 471. The van der Waals surface area contributed by atoms with Crippen molar-refractivity contribution in [2.45, 2.75) is 25.3 Å². The Morgan fingerprint density at radius 1 is 1.29 bits per heavy atom. The van der Waals surface area contributed by atoms with E-state index in [0.717, 1.165) is 19.3 Å². The number of anilines is 2. The van der Waals surface area contributed by atoms with E-state index in [-0.39, 0.29) is 11.8 Å². The van der Waals surface area contributed by atoms with Crippen molar-refractivity contribution in [2.75, 3.05) is 10.3 Å². The van der Waals surface area contributed by atoms with Crippen molar-refractivity contribution in [3.05, 3.63) is 29.2 Å². The zero-order valence-electron chi connectivity index (χ0n) is 9.30. The molecule has 1 fully saturated rings. The van der Waals surface area contributed by atoms with E-state index in [1.807, 2.05) is 18.2 Å². The summed E-state index contributed by atoms with van der Waals surface area (Å²) >= 11 is 0. The minimum Gasteiger partial charge on any atom is -0.322 e. The highest BCUT2D eigenvalue weighted by Gasteiger charge is 2.41. The third kappa shape index (κ3) is 1.50. The molecule has 1 saturated carbocycles. The molecule has 1 N–H and O–H groups in total. The number of nitroso groups, excluding NO2 is 1. The summed E-state index contributed by atoms with van der Waals surface area (Å²) in [6, 6.07) is 6.82. The van der Waals surface area contributed by atoms with Gasteiger partial charge in [0.25, 0.3) is 0 Å². The van der Waals surface area contributed by atoms with E-state index in [4.69, 9.17) is 0 Å². The SMILES string of the molecule is O=NN1c2ccccc2NC(=O)C1C1CCC1. The lowest BCUT2D eigenvalue weighted by molar-refractivity contribution is -0.119. The van der Waals surface area contributed by atoms with Crippen LogP contribution < -0.4 is 10.3 Å². The fourth-order valence-corrected chi connectivity index (χ4v) is 2.51. The average molecular weight is 231 g/mol. The highest BCUT2D eigenvalue weighted by molar-refractivity contribution is 6.03. The maximum atomic E-state index is 12.0. The second kappa shape index (κ2) is 3.84. The first-order chi connectivity index (χ1) is 8.31. The van der Waals surface area contributed by atoms with E-state index in [9.17, 15) is 9.70 Å². The number of benzene rings is 1. The van der Waals surface area contributed by atoms with Crippen LogP contribution >= 0.6 is 0 Å². The maximum Gasteiger partial charge on any atom is 0.249 e. The van der Waals surface area contributed by atoms with Crippen LogP contribution in [0.1, 0.15) is 19.3 Å². The lowest BCUT2D eigenvalue weighted by Crippen LogP contribution is -2.51. The number of nitrogens with zero attached hydrogens (tertiary/aromatic N) is 2. The summed E-state index contributed by atoms with van der Waals surface area (Å²) in [6.07, 6.45) is 3.11. The summed E-state index contributed by atoms with van der Waals surface area (Å²) in [5.74, 6) is 0.133. The largest absolute Gasteiger partial charge is 0.322 e. The molecule has 0 spiro atoms. The molecule has 0 aromatic heterocycles. The summed E-state index contributed by atoms with van der Waals surface area (Å²) in [5, 5.41) is 7.22. The van der Waals surface area contributed by atoms with Gasteiger partial charge in [-0.25, -0.2) is 5.01 Å². The number of rotatable bonds is 2. The van der Waals surface area contributed by atoms with Gasteiger partial charge in [0.15, 0.2) is 0 Å². The normalized spacial score (nSPS) is 23.6. The molecule has 1 amide bonds. The molecule has 0 radical (unpaired) electrons. The van der Waals surface area contributed by atoms with Crippen LogP contribution in [-0.2, 0) is 4.79 Å². The van der Waals surface area contributed by atoms with Crippen molar-refractivity contribution in [1.82, 2.24) is 0 Å². The van der Waals surface area contributed by atoms with Crippen LogP contribution in [0, 0.1) is 10.8 Å². The Hall–Kier alpha value is -1.91. The zero-order chi connectivity index (χ0) is 11.8. The highest BCUT2D eigenvalue weighted by atomic mass is 16.3. The minimum absolute atomic E-state index is 0.118. The van der Waals surface area contributed by atoms with Gasteiger partial charge in [0.1, 0.15) is 6.04 Å². The van der Waals surface area contributed by atoms with Gasteiger partial charge in [-0.1, -0.05) is 18.6 Å². The Balaban J connectivity index is 2.02. The van der Waals surface area contributed by atoms with Gasteiger partial charge in [-0.15, -0.1) is 4.91 Å². The first-order valence-electron chi connectivity index (χ1n) is 5.83. The van der Waals surface area contributed by atoms with Gasteiger partial charge in [-0.2, -0.15) is 0 Å². The van der Waals surface area contributed by atoms with Crippen LogP contribution in [0.4, 0.5) is 11.4 Å². The molecule has 1 aromatic rings. The first kappa shape index (κ1) is 10.3. The van der Waals surface area contributed by atoms with E-state index in [1.165, 1.54) is 5.01 Å². The number of fused-ring (bicyclic) bond motifs is 1. The summed E-state index contributed by atoms with van der Waals surface area (Å²) in [7, 11) is 0. The van der Waals surface area contributed by atoms with Crippen molar-refractivity contribution in [3.63, 3.8) is 0 Å². The molecule has 2 aliphatic rings. The van der Waals surface area contributed by atoms with Crippen LogP contribution in [0.5, 0.6) is 0 Å². The molecule has 1 heterocycles. The number of hydrogen-bond acceptors (Lipinski definition) is 3. The van der Waals surface area contributed by atoms with Gasteiger partial charge >= 0.3 is 0 Å². The van der Waals surface area contributed by atoms with Gasteiger partial charge in [-0.3, -0.25) is 4.79 Å². The number of amides is 1. The number of carbonyl (C=O) groups is 1. The molecular formula is C12H13N3O2. The second-order valence-corrected chi connectivity index (χ2v) is 4.57. The average Bonchev–Trinajstić information content (AvgIpc) is 2.27. The summed E-state index contributed by atoms with van der Waals surface area (Å²) in [6.45, 7) is 0. The van der Waals surface area contributed by atoms with Crippen LogP contribution in [0.3, 0.4) is 0 Å². The predicted molar refractivity (Wildman–Crippen MR) is 64.5 cm³/mol. The van der Waals surface area contributed by atoms with Crippen LogP contribution in [0.2, 0.25) is 0 Å². The molecule has 1 aliphatic carbocycles. The van der Waals surface area contributed by atoms with Gasteiger partial charge in [0, 0.05) is 0 Å². The fourth-order valence-electron chi connectivity index (χ4n) is 2.51. The lowest BCUT2D eigenvalue weighted by Gasteiger charge is -2.40. The highest BCUT2D eigenvalue weighted by Crippen LogP contribution is 2.40. The monoisotopic (exact) mass is 231 g/mol. The van der Waals surface area contributed by atoms with E-state index in [2.05, 4.69) is 10.6 Å². The molecule has 0 bridgehead atoms. The maximum absolute atomic E-state index is 12.0. The quantitative estimate of drug-likeness (QED) is 0.794. The molecule has 5 nitrogen and oxygen atoms in total. The fraction of sp³-hybridized carbons (Fsp3) is 0.417. The lowest BCUT2D eigenvalue weighted by atomic mass is 9.78. The van der Waals surface area contributed by atoms with Gasteiger partial charge in [0.05, 0.1) is 16.7 Å². The summed E-state index contributed by atoms with van der Waals surface area (Å²) in [5.41, 5.74) is 1.35. The summed E-state index contributed by atoms with van der Waals surface area (Å²) < 4.78 is 0. The summed E-state index contributed by atoms with van der Waals surface area (Å²) in [4.78, 5) is 23.0. The molecule has 1 unspecified atom stereocenters. The molecule has 1 aromatic carbocycles. The molecule has 17 heavy (non-hydrogen) atoms. The minimum atomic E-state index is -0.434. The van der Waals surface area contributed by atoms with Crippen molar-refractivity contribution in [3.8, 4) is 0 Å². The van der Waals surface area contributed by atoms with E-state index in [1.54, 1.807) is 6.07 Å². The first-order valence-corrected chi connectivity index (χ1v) is 5.83. The number of nitrogens with one attached hydrogen (secondary N) is 1. The van der Waals surface area contributed by atoms with Crippen molar-refractivity contribution in [2.24, 2.45) is 11.2 Å².